The second-order valence-electron chi connectivity index (χ2n) is 1.56. The van der Waals surface area contributed by atoms with E-state index in [1.165, 1.54) is 0 Å². The standard InChI is InChI=1S/3C2H4O2.Er/c3*1-2(3)4;/h3*1H3,(H,3,4);. The molecular formula is C6H12ErO6. The Bertz CT molecular complexity index is 115. The van der Waals surface area contributed by atoms with Gasteiger partial charge in [-0.2, -0.15) is 0 Å². The Balaban J connectivity index is -0.0000000450. The normalized spacial score (nSPS) is 5.77. The maximum absolute atomic E-state index is 9.00. The first-order chi connectivity index (χ1) is 5.20. The molecule has 0 unspecified atom stereocenters. The minimum absolute atomic E-state index is 0. The zero-order chi connectivity index (χ0) is 10.7. The number of carbonyl (C=O) groups is 3. The van der Waals surface area contributed by atoms with Crippen LogP contribution in [0.25, 0.3) is 0 Å². The van der Waals surface area contributed by atoms with E-state index in [4.69, 9.17) is 29.7 Å². The van der Waals surface area contributed by atoms with Gasteiger partial charge in [0.1, 0.15) is 0 Å². The summed E-state index contributed by atoms with van der Waals surface area (Å²) in [6.45, 7) is 3.25. The molecule has 6 nitrogen and oxygen atoms in total. The number of carboxylic acids is 3. The molecule has 7 heteroatoms. The van der Waals surface area contributed by atoms with Crippen LogP contribution in [0.2, 0.25) is 0 Å². The van der Waals surface area contributed by atoms with Gasteiger partial charge >= 0.3 is 0 Å². The fourth-order valence-corrected chi connectivity index (χ4v) is 0. The predicted octanol–water partition coefficient (Wildman–Crippen LogP) is 0.273. The van der Waals surface area contributed by atoms with Gasteiger partial charge < -0.3 is 15.3 Å². The Kier molecular flexibility index (Phi) is 31.2. The monoisotopic (exact) mass is 346 g/mol. The molecule has 0 fully saturated rings. The predicted molar refractivity (Wildman–Crippen MR) is 39.9 cm³/mol. The van der Waals surface area contributed by atoms with Crippen LogP contribution in [-0.2, 0) is 14.4 Å². The second kappa shape index (κ2) is 17.7. The minimum atomic E-state index is -0.833. The van der Waals surface area contributed by atoms with E-state index in [2.05, 4.69) is 0 Å². The van der Waals surface area contributed by atoms with Crippen molar-refractivity contribution in [3.05, 3.63) is 0 Å². The molecule has 0 bridgehead atoms. The van der Waals surface area contributed by atoms with Crippen molar-refractivity contribution in [2.45, 2.75) is 20.8 Å². The quantitative estimate of drug-likeness (QED) is 0.580. The third kappa shape index (κ3) is 9230. The molecule has 0 radical (unpaired) electrons. The summed E-state index contributed by atoms with van der Waals surface area (Å²) in [5, 5.41) is 22.2. The Morgan fingerprint density at radius 3 is 0.692 bits per heavy atom. The summed E-state index contributed by atoms with van der Waals surface area (Å²) in [4.78, 5) is 27.0. The number of aliphatic carboxylic acids is 3. The van der Waals surface area contributed by atoms with Gasteiger partial charge in [-0.05, 0) is 0 Å². The largest absolute Gasteiger partial charge is 0.481 e. The maximum atomic E-state index is 9.00. The van der Waals surface area contributed by atoms with Crippen molar-refractivity contribution in [2.24, 2.45) is 0 Å². The molecule has 0 heterocycles. The van der Waals surface area contributed by atoms with Crippen LogP contribution >= 0.6 is 0 Å². The van der Waals surface area contributed by atoms with Crippen LogP contribution in [0.1, 0.15) is 20.8 Å². The van der Waals surface area contributed by atoms with Gasteiger partial charge in [0.15, 0.2) is 0 Å². The molecule has 0 aliphatic carbocycles. The maximum Gasteiger partial charge on any atom is 0.300 e. The first-order valence-corrected chi connectivity index (χ1v) is 2.78. The molecule has 84 valence electrons. The Labute approximate surface area is 105 Å². The number of carboxylic acid groups (broad SMARTS) is 3. The van der Waals surface area contributed by atoms with Crippen molar-refractivity contribution >= 4 is 17.9 Å². The van der Waals surface area contributed by atoms with E-state index in [0.29, 0.717) is 0 Å². The Morgan fingerprint density at radius 1 is 0.692 bits per heavy atom. The summed E-state index contributed by atoms with van der Waals surface area (Å²) < 4.78 is 0. The topological polar surface area (TPSA) is 112 Å². The van der Waals surface area contributed by atoms with Gasteiger partial charge in [-0.3, -0.25) is 14.4 Å². The fourth-order valence-electron chi connectivity index (χ4n) is 0. The van der Waals surface area contributed by atoms with Crippen molar-refractivity contribution in [1.29, 1.82) is 0 Å². The smallest absolute Gasteiger partial charge is 0.300 e. The van der Waals surface area contributed by atoms with E-state index in [1.807, 2.05) is 0 Å². The van der Waals surface area contributed by atoms with Crippen LogP contribution in [0.4, 0.5) is 0 Å². The molecule has 0 aliphatic heterocycles. The molecule has 0 aromatic carbocycles. The first-order valence-electron chi connectivity index (χ1n) is 2.78. The van der Waals surface area contributed by atoms with E-state index in [9.17, 15) is 0 Å². The molecule has 13 heavy (non-hydrogen) atoms. The zero-order valence-electron chi connectivity index (χ0n) is 7.36. The number of rotatable bonds is 0. The van der Waals surface area contributed by atoms with Gasteiger partial charge in [0.2, 0.25) is 0 Å². The molecular weight excluding hydrogens is 335 g/mol. The molecule has 0 saturated carbocycles. The molecule has 0 amide bonds. The van der Waals surface area contributed by atoms with Gasteiger partial charge in [0.25, 0.3) is 17.9 Å². The van der Waals surface area contributed by atoms with Gasteiger partial charge in [0, 0.05) is 58.1 Å². The zero-order valence-corrected chi connectivity index (χ0v) is 9.21. The summed E-state index contributed by atoms with van der Waals surface area (Å²) in [6, 6.07) is 0. The number of hydrogen-bond acceptors (Lipinski definition) is 3. The van der Waals surface area contributed by atoms with Crippen LogP contribution < -0.4 is 0 Å². The van der Waals surface area contributed by atoms with E-state index in [1.54, 1.807) is 0 Å². The van der Waals surface area contributed by atoms with Crippen molar-refractivity contribution in [2.75, 3.05) is 0 Å². The molecule has 0 aromatic heterocycles. The summed E-state index contributed by atoms with van der Waals surface area (Å²) in [5.74, 6) is -2.50. The Morgan fingerprint density at radius 2 is 0.692 bits per heavy atom. The van der Waals surface area contributed by atoms with Crippen LogP contribution in [0.5, 0.6) is 0 Å². The molecule has 0 aliphatic rings. The summed E-state index contributed by atoms with van der Waals surface area (Å²) >= 11 is 0. The summed E-state index contributed by atoms with van der Waals surface area (Å²) in [7, 11) is 0. The molecule has 3 N–H and O–H groups in total. The van der Waals surface area contributed by atoms with E-state index in [0.717, 1.165) is 20.8 Å². The van der Waals surface area contributed by atoms with E-state index < -0.39 is 17.9 Å². The second-order valence-corrected chi connectivity index (χ2v) is 1.56. The number of hydrogen-bond donors (Lipinski definition) is 3. The Hall–Kier alpha value is -0.343. The van der Waals surface area contributed by atoms with Crippen LogP contribution in [0.3, 0.4) is 0 Å². The van der Waals surface area contributed by atoms with Crippen molar-refractivity contribution in [3.63, 3.8) is 0 Å². The molecule has 0 spiro atoms. The SMILES string of the molecule is CC(=O)O.CC(=O)O.CC(=O)O.[Er]. The molecule has 0 saturated heterocycles. The molecule has 0 atom stereocenters. The van der Waals surface area contributed by atoms with Crippen molar-refractivity contribution in [1.82, 2.24) is 0 Å². The van der Waals surface area contributed by atoms with Crippen LogP contribution in [-0.4, -0.2) is 33.2 Å². The molecule has 0 rings (SSSR count). The minimum Gasteiger partial charge on any atom is -0.481 e. The van der Waals surface area contributed by atoms with Gasteiger partial charge in [-0.25, -0.2) is 0 Å². The first kappa shape index (κ1) is 22.9. The fraction of sp³-hybridized carbons (Fsp3) is 0.500. The average Bonchev–Trinajstić information content (AvgIpc) is 1.54. The van der Waals surface area contributed by atoms with Gasteiger partial charge in [-0.1, -0.05) is 0 Å². The van der Waals surface area contributed by atoms with Crippen LogP contribution in [0, 0.1) is 37.3 Å². The van der Waals surface area contributed by atoms with Gasteiger partial charge in [0.05, 0.1) is 0 Å². The average molecular weight is 347 g/mol. The van der Waals surface area contributed by atoms with Crippen molar-refractivity contribution < 1.29 is 67.0 Å². The third-order valence-corrected chi connectivity index (χ3v) is 0. The van der Waals surface area contributed by atoms with Gasteiger partial charge in [-0.15, -0.1) is 0 Å². The van der Waals surface area contributed by atoms with Crippen molar-refractivity contribution in [3.8, 4) is 0 Å². The van der Waals surface area contributed by atoms with E-state index in [-0.39, 0.29) is 37.3 Å². The summed E-state index contributed by atoms with van der Waals surface area (Å²) in [5.41, 5.74) is 0. The third-order valence-electron chi connectivity index (χ3n) is 0. The summed E-state index contributed by atoms with van der Waals surface area (Å²) in [6.07, 6.45) is 0. The van der Waals surface area contributed by atoms with E-state index >= 15 is 0 Å². The van der Waals surface area contributed by atoms with Crippen LogP contribution in [0.15, 0.2) is 0 Å². The molecule has 0 aromatic rings.